The van der Waals surface area contributed by atoms with Gasteiger partial charge >= 0.3 is 0 Å². The van der Waals surface area contributed by atoms with Crippen LogP contribution in [0.25, 0.3) is 0 Å². The van der Waals surface area contributed by atoms with Gasteiger partial charge in [0.2, 0.25) is 0 Å². The van der Waals surface area contributed by atoms with Crippen LogP contribution in [0.5, 0.6) is 0 Å². The molecule has 0 aliphatic rings. The molecule has 0 spiro atoms. The Kier molecular flexibility index (Phi) is 4.46. The molecule has 0 amide bonds. The van der Waals surface area contributed by atoms with Crippen molar-refractivity contribution >= 4 is 34.5 Å². The van der Waals surface area contributed by atoms with Gasteiger partial charge < -0.3 is 5.32 Å². The Morgan fingerprint density at radius 3 is 2.71 bits per heavy atom. The largest absolute Gasteiger partial charge is 0.312 e. The van der Waals surface area contributed by atoms with E-state index < -0.39 is 0 Å². The molecule has 0 aliphatic carbocycles. The lowest BCUT2D eigenvalue weighted by Gasteiger charge is -2.15. The number of likely N-dealkylation sites (N-methyl/N-ethyl adjacent to an activating group) is 1. The number of hydrogen-bond acceptors (Lipinski definition) is 2. The average molecular weight is 286 g/mol. The van der Waals surface area contributed by atoms with Crippen LogP contribution < -0.4 is 5.32 Å². The predicted octanol–water partition coefficient (Wildman–Crippen LogP) is 4.56. The van der Waals surface area contributed by atoms with Gasteiger partial charge in [-0.3, -0.25) is 0 Å². The number of halogens is 2. The van der Waals surface area contributed by atoms with E-state index in [0.717, 1.165) is 12.0 Å². The summed E-state index contributed by atoms with van der Waals surface area (Å²) in [5.41, 5.74) is 1.08. The summed E-state index contributed by atoms with van der Waals surface area (Å²) in [7, 11) is 1.96. The predicted molar refractivity (Wildman–Crippen MR) is 76.3 cm³/mol. The second-order valence-electron chi connectivity index (χ2n) is 3.77. The average Bonchev–Trinajstić information content (AvgIpc) is 2.85. The van der Waals surface area contributed by atoms with Crippen LogP contribution in [0, 0.1) is 0 Å². The van der Waals surface area contributed by atoms with Crippen molar-refractivity contribution in [2.24, 2.45) is 0 Å². The molecule has 1 aromatic heterocycles. The summed E-state index contributed by atoms with van der Waals surface area (Å²) in [5, 5.41) is 6.67. The number of benzene rings is 1. The quantitative estimate of drug-likeness (QED) is 0.869. The first kappa shape index (κ1) is 12.9. The first-order valence-corrected chi connectivity index (χ1v) is 6.99. The minimum Gasteiger partial charge on any atom is -0.312 e. The van der Waals surface area contributed by atoms with E-state index in [0.29, 0.717) is 10.0 Å². The van der Waals surface area contributed by atoms with Gasteiger partial charge in [0.15, 0.2) is 0 Å². The Bertz CT molecular complexity index is 482. The Morgan fingerprint density at radius 2 is 2.06 bits per heavy atom. The molecule has 90 valence electrons. The van der Waals surface area contributed by atoms with Crippen molar-refractivity contribution in [2.75, 3.05) is 7.05 Å². The molecule has 0 fully saturated rings. The topological polar surface area (TPSA) is 12.0 Å². The van der Waals surface area contributed by atoms with Crippen LogP contribution in [-0.4, -0.2) is 7.05 Å². The molecule has 1 atom stereocenters. The van der Waals surface area contributed by atoms with Gasteiger partial charge in [0.1, 0.15) is 0 Å². The summed E-state index contributed by atoms with van der Waals surface area (Å²) < 4.78 is 0. The standard InChI is InChI=1S/C13H13Cl2NS/c1-16-11(12-6-3-7-17-12)8-9-4-2-5-10(14)13(9)15/h2-7,11,16H,8H2,1H3. The fraction of sp³-hybridized carbons (Fsp3) is 0.231. The molecule has 1 nitrogen and oxygen atoms in total. The minimum atomic E-state index is 0.283. The molecule has 1 unspecified atom stereocenters. The highest BCUT2D eigenvalue weighted by Crippen LogP contribution is 2.30. The van der Waals surface area contributed by atoms with Gasteiger partial charge in [-0.15, -0.1) is 11.3 Å². The number of thiophene rings is 1. The molecule has 17 heavy (non-hydrogen) atoms. The van der Waals surface area contributed by atoms with Crippen LogP contribution >= 0.6 is 34.5 Å². The molecule has 0 aliphatic heterocycles. The third-order valence-corrected chi connectivity index (χ3v) is 4.53. The SMILES string of the molecule is CNC(Cc1cccc(Cl)c1Cl)c1cccs1. The van der Waals surface area contributed by atoms with Gasteiger partial charge in [0.05, 0.1) is 10.0 Å². The lowest BCUT2D eigenvalue weighted by Crippen LogP contribution is -2.17. The van der Waals surface area contributed by atoms with Gasteiger partial charge in [-0.25, -0.2) is 0 Å². The van der Waals surface area contributed by atoms with Crippen LogP contribution in [0.15, 0.2) is 35.7 Å². The van der Waals surface area contributed by atoms with Crippen molar-refractivity contribution in [3.05, 3.63) is 56.2 Å². The molecule has 1 heterocycles. The summed E-state index contributed by atoms with van der Waals surface area (Å²) in [6, 6.07) is 10.2. The summed E-state index contributed by atoms with van der Waals surface area (Å²) in [6.07, 6.45) is 0.844. The molecule has 0 saturated heterocycles. The molecule has 1 N–H and O–H groups in total. The summed E-state index contributed by atoms with van der Waals surface area (Å²) >= 11 is 14.0. The molecule has 0 bridgehead atoms. The van der Waals surface area contributed by atoms with Crippen molar-refractivity contribution in [2.45, 2.75) is 12.5 Å². The van der Waals surface area contributed by atoms with Crippen LogP contribution in [0.4, 0.5) is 0 Å². The highest BCUT2D eigenvalue weighted by Gasteiger charge is 2.13. The summed E-state index contributed by atoms with van der Waals surface area (Å²) in [6.45, 7) is 0. The number of nitrogens with one attached hydrogen (secondary N) is 1. The normalized spacial score (nSPS) is 12.6. The lowest BCUT2D eigenvalue weighted by atomic mass is 10.0. The van der Waals surface area contributed by atoms with E-state index in [1.165, 1.54) is 4.88 Å². The number of hydrogen-bond donors (Lipinski definition) is 1. The van der Waals surface area contributed by atoms with Gasteiger partial charge in [-0.05, 0) is 36.5 Å². The summed E-state index contributed by atoms with van der Waals surface area (Å²) in [5.74, 6) is 0. The maximum Gasteiger partial charge on any atom is 0.0624 e. The zero-order chi connectivity index (χ0) is 12.3. The van der Waals surface area contributed by atoms with Crippen molar-refractivity contribution in [3.8, 4) is 0 Å². The van der Waals surface area contributed by atoms with Crippen LogP contribution in [-0.2, 0) is 6.42 Å². The fourth-order valence-electron chi connectivity index (χ4n) is 1.76. The van der Waals surface area contributed by atoms with E-state index in [9.17, 15) is 0 Å². The maximum absolute atomic E-state index is 6.20. The van der Waals surface area contributed by atoms with E-state index in [1.54, 1.807) is 11.3 Å². The maximum atomic E-state index is 6.20. The highest BCUT2D eigenvalue weighted by molar-refractivity contribution is 7.10. The molecule has 4 heteroatoms. The molecular formula is C13H13Cl2NS. The van der Waals surface area contributed by atoms with E-state index in [2.05, 4.69) is 22.8 Å². The van der Waals surface area contributed by atoms with Crippen LogP contribution in [0.3, 0.4) is 0 Å². The Hall–Kier alpha value is -0.540. The summed E-state index contributed by atoms with van der Waals surface area (Å²) in [4.78, 5) is 1.31. The van der Waals surface area contributed by atoms with E-state index in [-0.39, 0.29) is 6.04 Å². The van der Waals surface area contributed by atoms with Gasteiger partial charge in [-0.1, -0.05) is 41.4 Å². The highest BCUT2D eigenvalue weighted by atomic mass is 35.5. The van der Waals surface area contributed by atoms with Gasteiger partial charge in [0, 0.05) is 10.9 Å². The molecule has 2 rings (SSSR count). The molecule has 2 aromatic rings. The van der Waals surface area contributed by atoms with Gasteiger partial charge in [-0.2, -0.15) is 0 Å². The third kappa shape index (κ3) is 3.02. The van der Waals surface area contributed by atoms with Gasteiger partial charge in [0.25, 0.3) is 0 Å². The Morgan fingerprint density at radius 1 is 1.24 bits per heavy atom. The third-order valence-electron chi connectivity index (χ3n) is 2.69. The molecule has 0 radical (unpaired) electrons. The molecule has 0 saturated carbocycles. The van der Waals surface area contributed by atoms with E-state index in [1.807, 2.05) is 25.2 Å². The zero-order valence-corrected chi connectivity index (χ0v) is 11.7. The lowest BCUT2D eigenvalue weighted by molar-refractivity contribution is 0.602. The smallest absolute Gasteiger partial charge is 0.0624 e. The second-order valence-corrected chi connectivity index (χ2v) is 5.54. The van der Waals surface area contributed by atoms with Crippen molar-refractivity contribution in [1.29, 1.82) is 0 Å². The molecule has 1 aromatic carbocycles. The van der Waals surface area contributed by atoms with Crippen molar-refractivity contribution in [3.63, 3.8) is 0 Å². The Labute approximate surface area is 115 Å². The monoisotopic (exact) mass is 285 g/mol. The van der Waals surface area contributed by atoms with Crippen molar-refractivity contribution < 1.29 is 0 Å². The van der Waals surface area contributed by atoms with E-state index >= 15 is 0 Å². The fourth-order valence-corrected chi connectivity index (χ4v) is 2.99. The van der Waals surface area contributed by atoms with Crippen molar-refractivity contribution in [1.82, 2.24) is 5.32 Å². The Balaban J connectivity index is 2.22. The second kappa shape index (κ2) is 5.87. The first-order valence-electron chi connectivity index (χ1n) is 5.36. The zero-order valence-electron chi connectivity index (χ0n) is 9.41. The first-order chi connectivity index (χ1) is 8.22. The van der Waals surface area contributed by atoms with E-state index in [4.69, 9.17) is 23.2 Å². The minimum absolute atomic E-state index is 0.283. The number of rotatable bonds is 4. The van der Waals surface area contributed by atoms with Crippen LogP contribution in [0.1, 0.15) is 16.5 Å². The van der Waals surface area contributed by atoms with Crippen LogP contribution in [0.2, 0.25) is 10.0 Å². The molecular weight excluding hydrogens is 273 g/mol.